The molecule has 0 radical (unpaired) electrons. The summed E-state index contributed by atoms with van der Waals surface area (Å²) in [7, 11) is 0. The van der Waals surface area contributed by atoms with Gasteiger partial charge in [0, 0.05) is 26.2 Å². The molecule has 1 rings (SSSR count). The molecule has 1 fully saturated rings. The van der Waals surface area contributed by atoms with Crippen LogP contribution in [0.25, 0.3) is 0 Å². The topological polar surface area (TPSA) is 76.0 Å². The van der Waals surface area contributed by atoms with Gasteiger partial charge in [0.1, 0.15) is 0 Å². The molecule has 0 saturated carbocycles. The molecule has 1 saturated heterocycles. The Balaban J connectivity index is 2.24. The van der Waals surface area contributed by atoms with Crippen LogP contribution in [0.5, 0.6) is 0 Å². The lowest BCUT2D eigenvalue weighted by molar-refractivity contribution is -0.317. The standard InChI is InChI=1S/C6H14N2O3/c9-6(10,11)5-8-3-1-7-2-4-8/h7,9-11H,1-5H2. The van der Waals surface area contributed by atoms with Gasteiger partial charge in [-0.2, -0.15) is 0 Å². The minimum absolute atomic E-state index is 0.103. The van der Waals surface area contributed by atoms with Gasteiger partial charge in [-0.1, -0.05) is 0 Å². The zero-order chi connectivity index (χ0) is 8.32. The number of piperazine rings is 1. The summed E-state index contributed by atoms with van der Waals surface area (Å²) >= 11 is 0. The second kappa shape index (κ2) is 3.46. The van der Waals surface area contributed by atoms with E-state index in [-0.39, 0.29) is 6.54 Å². The number of hydrogen-bond donors (Lipinski definition) is 4. The monoisotopic (exact) mass is 162 g/mol. The molecule has 0 aromatic rings. The molecule has 0 atom stereocenters. The van der Waals surface area contributed by atoms with E-state index in [1.165, 1.54) is 0 Å². The summed E-state index contributed by atoms with van der Waals surface area (Å²) in [6.45, 7) is 3.04. The van der Waals surface area contributed by atoms with Crippen molar-refractivity contribution in [2.24, 2.45) is 0 Å². The van der Waals surface area contributed by atoms with Gasteiger partial charge in [-0.05, 0) is 0 Å². The van der Waals surface area contributed by atoms with Crippen LogP contribution in [-0.4, -0.2) is 58.9 Å². The Bertz CT molecular complexity index is 117. The van der Waals surface area contributed by atoms with Crippen molar-refractivity contribution < 1.29 is 15.3 Å². The lowest BCUT2D eigenvalue weighted by Gasteiger charge is -2.30. The van der Waals surface area contributed by atoms with Crippen LogP contribution in [0.15, 0.2) is 0 Å². The van der Waals surface area contributed by atoms with Crippen LogP contribution in [0.2, 0.25) is 0 Å². The van der Waals surface area contributed by atoms with Crippen molar-refractivity contribution in [1.29, 1.82) is 0 Å². The Labute approximate surface area is 65.3 Å². The van der Waals surface area contributed by atoms with Gasteiger partial charge in [-0.3, -0.25) is 4.90 Å². The van der Waals surface area contributed by atoms with Gasteiger partial charge in [0.25, 0.3) is 5.97 Å². The summed E-state index contributed by atoms with van der Waals surface area (Å²) in [5.74, 6) is -2.54. The Hall–Kier alpha value is -0.200. The first-order valence-electron chi connectivity index (χ1n) is 3.68. The molecule has 66 valence electrons. The lowest BCUT2D eigenvalue weighted by atomic mass is 10.3. The number of nitrogens with one attached hydrogen (secondary N) is 1. The third-order valence-electron chi connectivity index (χ3n) is 1.65. The second-order valence-electron chi connectivity index (χ2n) is 2.80. The normalized spacial score (nSPS) is 22.1. The number of aliphatic hydroxyl groups is 3. The van der Waals surface area contributed by atoms with E-state index in [1.807, 2.05) is 0 Å². The maximum absolute atomic E-state index is 8.62. The molecule has 0 bridgehead atoms. The van der Waals surface area contributed by atoms with Crippen molar-refractivity contribution >= 4 is 0 Å². The molecule has 1 aliphatic rings. The van der Waals surface area contributed by atoms with E-state index in [1.54, 1.807) is 4.90 Å². The molecule has 5 nitrogen and oxygen atoms in total. The Morgan fingerprint density at radius 2 is 1.73 bits per heavy atom. The average Bonchev–Trinajstić information content (AvgIpc) is 1.85. The fraction of sp³-hybridized carbons (Fsp3) is 1.00. The Morgan fingerprint density at radius 1 is 1.18 bits per heavy atom. The highest BCUT2D eigenvalue weighted by Crippen LogP contribution is 1.99. The van der Waals surface area contributed by atoms with Crippen molar-refractivity contribution in [2.45, 2.75) is 5.97 Å². The van der Waals surface area contributed by atoms with Gasteiger partial charge in [0.15, 0.2) is 0 Å². The summed E-state index contributed by atoms with van der Waals surface area (Å²) < 4.78 is 0. The van der Waals surface area contributed by atoms with Crippen LogP contribution in [-0.2, 0) is 0 Å². The minimum atomic E-state index is -2.54. The van der Waals surface area contributed by atoms with Gasteiger partial charge in [-0.15, -0.1) is 0 Å². The van der Waals surface area contributed by atoms with Gasteiger partial charge in [-0.25, -0.2) is 0 Å². The molecule has 0 unspecified atom stereocenters. The third kappa shape index (κ3) is 3.64. The van der Waals surface area contributed by atoms with Crippen LogP contribution in [0.3, 0.4) is 0 Å². The highest BCUT2D eigenvalue weighted by atomic mass is 16.7. The third-order valence-corrected chi connectivity index (χ3v) is 1.65. The molecule has 1 aliphatic heterocycles. The van der Waals surface area contributed by atoms with Crippen LogP contribution >= 0.6 is 0 Å². The highest BCUT2D eigenvalue weighted by molar-refractivity contribution is 4.69. The first-order valence-corrected chi connectivity index (χ1v) is 3.68. The SMILES string of the molecule is OC(O)(O)CN1CCNCC1. The quantitative estimate of drug-likeness (QED) is 0.338. The molecule has 4 N–H and O–H groups in total. The highest BCUT2D eigenvalue weighted by Gasteiger charge is 2.23. The van der Waals surface area contributed by atoms with E-state index in [9.17, 15) is 0 Å². The molecule has 1 heterocycles. The summed E-state index contributed by atoms with van der Waals surface area (Å²) in [6.07, 6.45) is 0. The van der Waals surface area contributed by atoms with E-state index >= 15 is 0 Å². The van der Waals surface area contributed by atoms with Gasteiger partial charge in [0.2, 0.25) is 0 Å². The number of β-amino-alcohol motifs (C(OH)–C–C–N with tert-alkyl or cyclic N) is 3. The van der Waals surface area contributed by atoms with Gasteiger partial charge >= 0.3 is 0 Å². The second-order valence-corrected chi connectivity index (χ2v) is 2.80. The van der Waals surface area contributed by atoms with E-state index in [0.717, 1.165) is 26.2 Å². The largest absolute Gasteiger partial charge is 0.343 e. The molecule has 5 heteroatoms. The predicted molar refractivity (Wildman–Crippen MR) is 38.7 cm³/mol. The number of hydrogen-bond acceptors (Lipinski definition) is 5. The molecular formula is C6H14N2O3. The fourth-order valence-electron chi connectivity index (χ4n) is 1.17. The van der Waals surface area contributed by atoms with E-state index in [0.29, 0.717) is 0 Å². The first-order chi connectivity index (χ1) is 5.08. The molecule has 11 heavy (non-hydrogen) atoms. The maximum Gasteiger partial charge on any atom is 0.288 e. The van der Waals surface area contributed by atoms with Crippen molar-refractivity contribution in [2.75, 3.05) is 32.7 Å². The minimum Gasteiger partial charge on any atom is -0.343 e. The fourth-order valence-corrected chi connectivity index (χ4v) is 1.17. The number of nitrogens with zero attached hydrogens (tertiary/aromatic N) is 1. The zero-order valence-electron chi connectivity index (χ0n) is 6.32. The van der Waals surface area contributed by atoms with Crippen molar-refractivity contribution in [3.8, 4) is 0 Å². The van der Waals surface area contributed by atoms with E-state index < -0.39 is 5.97 Å². The molecule has 0 aromatic carbocycles. The van der Waals surface area contributed by atoms with E-state index in [2.05, 4.69) is 5.32 Å². The van der Waals surface area contributed by atoms with Crippen LogP contribution in [0.1, 0.15) is 0 Å². The molecule has 0 spiro atoms. The van der Waals surface area contributed by atoms with Crippen LogP contribution < -0.4 is 5.32 Å². The van der Waals surface area contributed by atoms with Crippen molar-refractivity contribution in [3.63, 3.8) is 0 Å². The zero-order valence-corrected chi connectivity index (χ0v) is 6.32. The molecule has 0 aromatic heterocycles. The molecule has 0 amide bonds. The van der Waals surface area contributed by atoms with Crippen LogP contribution in [0.4, 0.5) is 0 Å². The van der Waals surface area contributed by atoms with Crippen LogP contribution in [0, 0.1) is 0 Å². The van der Waals surface area contributed by atoms with Crippen molar-refractivity contribution in [1.82, 2.24) is 10.2 Å². The maximum atomic E-state index is 8.62. The predicted octanol–water partition coefficient (Wildman–Crippen LogP) is -2.48. The Kier molecular flexibility index (Phi) is 2.80. The molecule has 0 aliphatic carbocycles. The van der Waals surface area contributed by atoms with E-state index in [4.69, 9.17) is 15.3 Å². The van der Waals surface area contributed by atoms with Crippen molar-refractivity contribution in [3.05, 3.63) is 0 Å². The smallest absolute Gasteiger partial charge is 0.288 e. The summed E-state index contributed by atoms with van der Waals surface area (Å²) in [5.41, 5.74) is 0. The Morgan fingerprint density at radius 3 is 2.18 bits per heavy atom. The number of rotatable bonds is 2. The summed E-state index contributed by atoms with van der Waals surface area (Å²) in [5, 5.41) is 29.0. The first kappa shape index (κ1) is 8.89. The molecular weight excluding hydrogens is 148 g/mol. The summed E-state index contributed by atoms with van der Waals surface area (Å²) in [6, 6.07) is 0. The summed E-state index contributed by atoms with van der Waals surface area (Å²) in [4.78, 5) is 1.79. The van der Waals surface area contributed by atoms with Gasteiger partial charge < -0.3 is 20.6 Å². The average molecular weight is 162 g/mol. The van der Waals surface area contributed by atoms with Gasteiger partial charge in [0.05, 0.1) is 6.54 Å². The lowest BCUT2D eigenvalue weighted by Crippen LogP contribution is -2.50.